The number of anilines is 2. The van der Waals surface area contributed by atoms with Gasteiger partial charge in [0.25, 0.3) is 0 Å². The zero-order valence-electron chi connectivity index (χ0n) is 11.5. The molecule has 0 amide bonds. The van der Waals surface area contributed by atoms with Crippen molar-refractivity contribution in [1.29, 1.82) is 5.26 Å². The molecule has 2 atom stereocenters. The third-order valence-corrected chi connectivity index (χ3v) is 3.83. The number of fused-ring (bicyclic) bond motifs is 1. The van der Waals surface area contributed by atoms with Crippen molar-refractivity contribution >= 4 is 23.0 Å². The SMILES string of the molecule is CCN1c2ccccc2NC1C(C#N)c1cc(Cl)ncn1. The lowest BCUT2D eigenvalue weighted by Gasteiger charge is -2.28. The topological polar surface area (TPSA) is 64.8 Å². The first-order chi connectivity index (χ1) is 10.2. The quantitative estimate of drug-likeness (QED) is 0.883. The second-order valence-electron chi connectivity index (χ2n) is 4.76. The van der Waals surface area contributed by atoms with Crippen LogP contribution < -0.4 is 10.2 Å². The third-order valence-electron chi connectivity index (χ3n) is 3.62. The van der Waals surface area contributed by atoms with Crippen LogP contribution in [0.2, 0.25) is 5.15 Å². The number of hydrogen-bond donors (Lipinski definition) is 1. The molecule has 1 aliphatic rings. The number of hydrogen-bond acceptors (Lipinski definition) is 5. The van der Waals surface area contributed by atoms with Crippen molar-refractivity contribution in [3.8, 4) is 6.07 Å². The standard InChI is InChI=1S/C15H14ClN5/c1-2-21-13-6-4-3-5-11(13)20-15(21)10(8-17)12-7-14(16)19-9-18-12/h3-7,9-10,15,20H,2H2,1H3. The normalized spacial score (nSPS) is 17.8. The van der Waals surface area contributed by atoms with Gasteiger partial charge in [-0.1, -0.05) is 23.7 Å². The zero-order chi connectivity index (χ0) is 14.8. The number of nitrogens with zero attached hydrogens (tertiary/aromatic N) is 4. The number of para-hydroxylation sites is 2. The number of benzene rings is 1. The molecular weight excluding hydrogens is 286 g/mol. The molecule has 6 heteroatoms. The molecule has 0 saturated carbocycles. The monoisotopic (exact) mass is 299 g/mol. The summed E-state index contributed by atoms with van der Waals surface area (Å²) >= 11 is 5.92. The minimum Gasteiger partial charge on any atom is -0.362 e. The van der Waals surface area contributed by atoms with Crippen molar-refractivity contribution in [2.45, 2.75) is 19.0 Å². The van der Waals surface area contributed by atoms with Gasteiger partial charge in [-0.25, -0.2) is 9.97 Å². The van der Waals surface area contributed by atoms with E-state index in [0.717, 1.165) is 17.9 Å². The predicted molar refractivity (Wildman–Crippen MR) is 82.3 cm³/mol. The van der Waals surface area contributed by atoms with Gasteiger partial charge in [-0.15, -0.1) is 0 Å². The Kier molecular flexibility index (Phi) is 3.63. The molecule has 1 aromatic heterocycles. The van der Waals surface area contributed by atoms with Gasteiger partial charge < -0.3 is 10.2 Å². The molecule has 0 bridgehead atoms. The van der Waals surface area contributed by atoms with Crippen LogP contribution in [0.1, 0.15) is 18.5 Å². The number of likely N-dealkylation sites (N-methyl/N-ethyl adjacent to an activating group) is 1. The van der Waals surface area contributed by atoms with E-state index in [1.54, 1.807) is 6.07 Å². The van der Waals surface area contributed by atoms with Gasteiger partial charge in [-0.3, -0.25) is 0 Å². The van der Waals surface area contributed by atoms with Crippen LogP contribution in [0.3, 0.4) is 0 Å². The van der Waals surface area contributed by atoms with Gasteiger partial charge in [-0.2, -0.15) is 5.26 Å². The molecule has 2 aromatic rings. The summed E-state index contributed by atoms with van der Waals surface area (Å²) in [5.74, 6) is -0.433. The molecule has 5 nitrogen and oxygen atoms in total. The van der Waals surface area contributed by atoms with Gasteiger partial charge in [-0.05, 0) is 25.1 Å². The number of halogens is 1. The summed E-state index contributed by atoms with van der Waals surface area (Å²) < 4.78 is 0. The fourth-order valence-electron chi connectivity index (χ4n) is 2.68. The van der Waals surface area contributed by atoms with Gasteiger partial charge >= 0.3 is 0 Å². The van der Waals surface area contributed by atoms with Gasteiger partial charge in [0.15, 0.2) is 0 Å². The van der Waals surface area contributed by atoms with Crippen LogP contribution in [0, 0.1) is 11.3 Å². The molecular formula is C15H14ClN5. The van der Waals surface area contributed by atoms with Gasteiger partial charge in [0.1, 0.15) is 23.6 Å². The molecule has 1 aromatic carbocycles. The average molecular weight is 300 g/mol. The minimum atomic E-state index is -0.433. The van der Waals surface area contributed by atoms with Crippen molar-refractivity contribution in [1.82, 2.24) is 9.97 Å². The fraction of sp³-hybridized carbons (Fsp3) is 0.267. The average Bonchev–Trinajstić information content (AvgIpc) is 2.86. The molecule has 0 radical (unpaired) electrons. The highest BCUT2D eigenvalue weighted by Crippen LogP contribution is 2.38. The Morgan fingerprint density at radius 2 is 2.24 bits per heavy atom. The smallest absolute Gasteiger partial charge is 0.132 e. The summed E-state index contributed by atoms with van der Waals surface area (Å²) in [5.41, 5.74) is 2.76. The van der Waals surface area contributed by atoms with Crippen molar-refractivity contribution in [3.05, 3.63) is 47.5 Å². The molecule has 21 heavy (non-hydrogen) atoms. The van der Waals surface area contributed by atoms with Crippen molar-refractivity contribution in [3.63, 3.8) is 0 Å². The first kappa shape index (κ1) is 13.7. The minimum absolute atomic E-state index is 0.164. The summed E-state index contributed by atoms with van der Waals surface area (Å²) in [4.78, 5) is 10.2. The van der Waals surface area contributed by atoms with Crippen LogP contribution in [0.4, 0.5) is 11.4 Å². The van der Waals surface area contributed by atoms with Crippen LogP contribution in [0.25, 0.3) is 0 Å². The van der Waals surface area contributed by atoms with Crippen LogP contribution in [0.15, 0.2) is 36.7 Å². The van der Waals surface area contributed by atoms with Crippen LogP contribution in [-0.2, 0) is 0 Å². The molecule has 1 aliphatic heterocycles. The van der Waals surface area contributed by atoms with E-state index in [2.05, 4.69) is 33.2 Å². The Labute approximate surface area is 128 Å². The Hall–Kier alpha value is -2.32. The second kappa shape index (κ2) is 5.58. The highest BCUT2D eigenvalue weighted by molar-refractivity contribution is 6.29. The number of nitrogens with one attached hydrogen (secondary N) is 1. The van der Waals surface area contributed by atoms with Crippen LogP contribution >= 0.6 is 11.6 Å². The maximum atomic E-state index is 9.60. The van der Waals surface area contributed by atoms with Gasteiger partial charge in [0, 0.05) is 6.54 Å². The van der Waals surface area contributed by atoms with Crippen molar-refractivity contribution in [2.75, 3.05) is 16.8 Å². The lowest BCUT2D eigenvalue weighted by molar-refractivity contribution is 0.622. The van der Waals surface area contributed by atoms with E-state index in [9.17, 15) is 5.26 Å². The highest BCUT2D eigenvalue weighted by Gasteiger charge is 2.35. The van der Waals surface area contributed by atoms with E-state index in [4.69, 9.17) is 11.6 Å². The molecule has 2 heterocycles. The molecule has 1 N–H and O–H groups in total. The maximum absolute atomic E-state index is 9.60. The molecule has 0 saturated heterocycles. The number of aromatic nitrogens is 2. The largest absolute Gasteiger partial charge is 0.362 e. The molecule has 2 unspecified atom stereocenters. The summed E-state index contributed by atoms with van der Waals surface area (Å²) in [7, 11) is 0. The van der Waals surface area contributed by atoms with Crippen molar-refractivity contribution < 1.29 is 0 Å². The molecule has 0 aliphatic carbocycles. The number of nitriles is 1. The number of rotatable bonds is 3. The van der Waals surface area contributed by atoms with Crippen molar-refractivity contribution in [2.24, 2.45) is 0 Å². The molecule has 3 rings (SSSR count). The lowest BCUT2D eigenvalue weighted by Crippen LogP contribution is -2.40. The Morgan fingerprint density at radius 3 is 2.95 bits per heavy atom. The van der Waals surface area contributed by atoms with E-state index in [1.807, 2.05) is 24.3 Å². The van der Waals surface area contributed by atoms with E-state index in [-0.39, 0.29) is 6.17 Å². The summed E-state index contributed by atoms with van der Waals surface area (Å²) in [5, 5.41) is 13.4. The first-order valence-electron chi connectivity index (χ1n) is 6.74. The van der Waals surface area contributed by atoms with Crippen LogP contribution in [-0.4, -0.2) is 22.7 Å². The van der Waals surface area contributed by atoms with E-state index < -0.39 is 5.92 Å². The first-order valence-corrected chi connectivity index (χ1v) is 7.11. The third kappa shape index (κ3) is 2.39. The Bertz CT molecular complexity index is 696. The van der Waals surface area contributed by atoms with E-state index in [1.165, 1.54) is 6.33 Å². The lowest BCUT2D eigenvalue weighted by atomic mass is 10.0. The fourth-order valence-corrected chi connectivity index (χ4v) is 2.83. The maximum Gasteiger partial charge on any atom is 0.132 e. The summed E-state index contributed by atoms with van der Waals surface area (Å²) in [6.07, 6.45) is 1.23. The van der Waals surface area contributed by atoms with Gasteiger partial charge in [0.05, 0.1) is 23.1 Å². The Morgan fingerprint density at radius 1 is 1.43 bits per heavy atom. The zero-order valence-corrected chi connectivity index (χ0v) is 12.2. The Balaban J connectivity index is 1.98. The molecule has 106 valence electrons. The molecule has 0 spiro atoms. The van der Waals surface area contributed by atoms with Gasteiger partial charge in [0.2, 0.25) is 0 Å². The summed E-state index contributed by atoms with van der Waals surface area (Å²) in [6, 6.07) is 12.0. The highest BCUT2D eigenvalue weighted by atomic mass is 35.5. The summed E-state index contributed by atoms with van der Waals surface area (Å²) in [6.45, 7) is 2.86. The van der Waals surface area contributed by atoms with Crippen LogP contribution in [0.5, 0.6) is 0 Å². The second-order valence-corrected chi connectivity index (χ2v) is 5.15. The molecule has 0 fully saturated rings. The van der Waals surface area contributed by atoms with E-state index >= 15 is 0 Å². The van der Waals surface area contributed by atoms with E-state index in [0.29, 0.717) is 10.8 Å². The predicted octanol–water partition coefficient (Wildman–Crippen LogP) is 3.02.